The van der Waals surface area contributed by atoms with Crippen molar-refractivity contribution in [3.63, 3.8) is 0 Å². The second-order valence-electron chi connectivity index (χ2n) is 8.07. The maximum absolute atomic E-state index is 12.8. The Labute approximate surface area is 190 Å². The number of hydrogen-bond donors (Lipinski definition) is 1. The molecule has 164 valence electrons. The average Bonchev–Trinajstić information content (AvgIpc) is 2.85. The third-order valence-corrected chi connectivity index (χ3v) is 5.83. The smallest absolute Gasteiger partial charge is 0.262 e. The first-order valence-corrected chi connectivity index (χ1v) is 10.8. The summed E-state index contributed by atoms with van der Waals surface area (Å²) < 4.78 is 5.51. The number of rotatable bonds is 7. The van der Waals surface area contributed by atoms with Crippen LogP contribution in [0.2, 0.25) is 0 Å². The highest BCUT2D eigenvalue weighted by Gasteiger charge is 2.28. The minimum absolute atomic E-state index is 0.0769. The number of fused-ring (bicyclic) bond motifs is 1. The summed E-state index contributed by atoms with van der Waals surface area (Å²) in [4.78, 5) is 39.0. The quantitative estimate of drug-likeness (QED) is 0.447. The standard InChI is InChI=1S/C27H22N2O4/c30-23-17-33-22-15-20(11-12-21(22)28-23)24-25(27(32)26(24)31)29(16-19-9-5-2-6-10-19)14-13-18-7-3-1-4-8-18/h1-12,15H,13-14,16-17H2,(H,28,30). The van der Waals surface area contributed by atoms with Crippen LogP contribution in [0.4, 0.5) is 11.4 Å². The van der Waals surface area contributed by atoms with Crippen molar-refractivity contribution in [1.82, 2.24) is 0 Å². The number of nitrogens with one attached hydrogen (secondary N) is 1. The summed E-state index contributed by atoms with van der Waals surface area (Å²) in [6.45, 7) is 1.03. The van der Waals surface area contributed by atoms with Gasteiger partial charge < -0.3 is 15.0 Å². The molecule has 6 heteroatoms. The van der Waals surface area contributed by atoms with Crippen molar-refractivity contribution in [2.24, 2.45) is 0 Å². The van der Waals surface area contributed by atoms with Gasteiger partial charge >= 0.3 is 0 Å². The monoisotopic (exact) mass is 438 g/mol. The fourth-order valence-corrected chi connectivity index (χ4v) is 4.16. The van der Waals surface area contributed by atoms with Crippen molar-refractivity contribution >= 4 is 17.3 Å². The van der Waals surface area contributed by atoms with E-state index >= 15 is 0 Å². The van der Waals surface area contributed by atoms with Crippen LogP contribution in [0.1, 0.15) is 11.1 Å². The van der Waals surface area contributed by atoms with Gasteiger partial charge in [0, 0.05) is 13.1 Å². The van der Waals surface area contributed by atoms with Gasteiger partial charge in [-0.25, -0.2) is 0 Å². The Hall–Kier alpha value is -4.19. The molecule has 0 radical (unpaired) electrons. The minimum Gasteiger partial charge on any atom is -0.482 e. The van der Waals surface area contributed by atoms with E-state index in [0.29, 0.717) is 41.3 Å². The van der Waals surface area contributed by atoms with E-state index in [0.717, 1.165) is 17.5 Å². The topological polar surface area (TPSA) is 75.7 Å². The molecule has 33 heavy (non-hydrogen) atoms. The third kappa shape index (κ3) is 4.15. The van der Waals surface area contributed by atoms with Crippen LogP contribution in [0.3, 0.4) is 0 Å². The highest BCUT2D eigenvalue weighted by atomic mass is 16.5. The number of carbonyl (C=O) groups excluding carboxylic acids is 1. The Bertz CT molecular complexity index is 1370. The van der Waals surface area contributed by atoms with Gasteiger partial charge in [0.2, 0.25) is 10.9 Å². The molecule has 0 bridgehead atoms. The fraction of sp³-hybridized carbons (Fsp3) is 0.148. The molecular weight excluding hydrogens is 416 g/mol. The molecule has 6 nitrogen and oxygen atoms in total. The van der Waals surface area contributed by atoms with Crippen LogP contribution in [0.25, 0.3) is 11.1 Å². The van der Waals surface area contributed by atoms with E-state index in [1.807, 2.05) is 53.4 Å². The van der Waals surface area contributed by atoms with Crippen LogP contribution in [0.15, 0.2) is 88.5 Å². The molecule has 1 aliphatic rings. The third-order valence-electron chi connectivity index (χ3n) is 5.83. The summed E-state index contributed by atoms with van der Waals surface area (Å²) in [6.07, 6.45) is 0.741. The van der Waals surface area contributed by atoms with Gasteiger partial charge in [-0.1, -0.05) is 66.7 Å². The lowest BCUT2D eigenvalue weighted by Gasteiger charge is -2.28. The van der Waals surface area contributed by atoms with E-state index in [1.54, 1.807) is 18.2 Å². The zero-order chi connectivity index (χ0) is 22.8. The maximum atomic E-state index is 12.8. The molecule has 1 heterocycles. The molecule has 0 aliphatic carbocycles. The molecule has 1 amide bonds. The van der Waals surface area contributed by atoms with Crippen LogP contribution in [-0.2, 0) is 17.8 Å². The van der Waals surface area contributed by atoms with Gasteiger partial charge in [-0.05, 0) is 35.2 Å². The minimum atomic E-state index is -0.498. The number of anilines is 2. The van der Waals surface area contributed by atoms with E-state index in [9.17, 15) is 14.4 Å². The Balaban J connectivity index is 1.50. The van der Waals surface area contributed by atoms with Gasteiger partial charge in [0.15, 0.2) is 6.61 Å². The average molecular weight is 438 g/mol. The van der Waals surface area contributed by atoms with Crippen LogP contribution < -0.4 is 25.8 Å². The van der Waals surface area contributed by atoms with Crippen LogP contribution in [0.5, 0.6) is 5.75 Å². The van der Waals surface area contributed by atoms with Gasteiger partial charge in [-0.3, -0.25) is 14.4 Å². The summed E-state index contributed by atoms with van der Waals surface area (Å²) in [5.74, 6) is 0.269. The molecule has 0 spiro atoms. The number of ether oxygens (including phenoxy) is 1. The molecule has 4 aromatic carbocycles. The van der Waals surface area contributed by atoms with Crippen molar-refractivity contribution in [1.29, 1.82) is 0 Å². The van der Waals surface area contributed by atoms with Gasteiger partial charge in [-0.15, -0.1) is 0 Å². The van der Waals surface area contributed by atoms with Crippen molar-refractivity contribution in [3.8, 4) is 16.9 Å². The first kappa shape index (κ1) is 20.7. The van der Waals surface area contributed by atoms with Gasteiger partial charge in [0.25, 0.3) is 5.91 Å². The Morgan fingerprint density at radius 1 is 0.818 bits per heavy atom. The van der Waals surface area contributed by atoms with Crippen LogP contribution in [0, 0.1) is 0 Å². The Kier molecular flexibility index (Phi) is 5.48. The highest BCUT2D eigenvalue weighted by Crippen LogP contribution is 2.35. The molecule has 5 rings (SSSR count). The maximum Gasteiger partial charge on any atom is 0.262 e. The number of carbonyl (C=O) groups is 1. The first-order chi connectivity index (χ1) is 16.1. The lowest BCUT2D eigenvalue weighted by atomic mass is 9.96. The number of amides is 1. The molecule has 0 aromatic heterocycles. The van der Waals surface area contributed by atoms with Gasteiger partial charge in [0.05, 0.1) is 11.3 Å². The van der Waals surface area contributed by atoms with E-state index < -0.39 is 10.9 Å². The van der Waals surface area contributed by atoms with E-state index in [-0.39, 0.29) is 12.5 Å². The molecule has 0 saturated carbocycles. The zero-order valence-electron chi connectivity index (χ0n) is 17.9. The molecule has 4 aromatic rings. The van der Waals surface area contributed by atoms with Crippen molar-refractivity contribution in [2.75, 3.05) is 23.4 Å². The molecule has 0 atom stereocenters. The number of hydrogen-bond acceptors (Lipinski definition) is 5. The second-order valence-corrected chi connectivity index (χ2v) is 8.07. The molecule has 1 N–H and O–H groups in total. The van der Waals surface area contributed by atoms with Crippen molar-refractivity contribution < 1.29 is 9.53 Å². The molecule has 1 aliphatic heterocycles. The van der Waals surface area contributed by atoms with E-state index in [2.05, 4.69) is 17.4 Å². The summed E-state index contributed by atoms with van der Waals surface area (Å²) in [5, 5.41) is 2.74. The van der Waals surface area contributed by atoms with E-state index in [1.165, 1.54) is 0 Å². The normalized spacial score (nSPS) is 12.7. The Morgan fingerprint density at radius 3 is 2.24 bits per heavy atom. The Morgan fingerprint density at radius 2 is 1.52 bits per heavy atom. The summed E-state index contributed by atoms with van der Waals surface area (Å²) in [5.41, 5.74) is 3.24. The summed E-state index contributed by atoms with van der Waals surface area (Å²) in [7, 11) is 0. The highest BCUT2D eigenvalue weighted by molar-refractivity contribution is 5.96. The van der Waals surface area contributed by atoms with E-state index in [4.69, 9.17) is 4.74 Å². The lowest BCUT2D eigenvalue weighted by Crippen LogP contribution is -2.42. The van der Waals surface area contributed by atoms with Crippen molar-refractivity contribution in [3.05, 3.63) is 110 Å². The molecule has 0 unspecified atom stereocenters. The molecule has 0 fully saturated rings. The zero-order valence-corrected chi connectivity index (χ0v) is 17.9. The summed E-state index contributed by atoms with van der Waals surface area (Å²) in [6, 6.07) is 25.1. The van der Waals surface area contributed by atoms with Crippen molar-refractivity contribution in [2.45, 2.75) is 13.0 Å². The van der Waals surface area contributed by atoms with Gasteiger partial charge in [-0.2, -0.15) is 0 Å². The van der Waals surface area contributed by atoms with Crippen LogP contribution >= 0.6 is 0 Å². The van der Waals surface area contributed by atoms with Gasteiger partial charge in [0.1, 0.15) is 11.4 Å². The first-order valence-electron chi connectivity index (χ1n) is 10.8. The van der Waals surface area contributed by atoms with Crippen LogP contribution in [-0.4, -0.2) is 19.1 Å². The SMILES string of the molecule is O=C1COc2cc(-c3c(N(CCc4ccccc4)Cc4ccccc4)c(=O)c3=O)ccc2N1. The summed E-state index contributed by atoms with van der Waals surface area (Å²) >= 11 is 0. The lowest BCUT2D eigenvalue weighted by molar-refractivity contribution is -0.118. The number of benzene rings is 3. The molecular formula is C27H22N2O4. The predicted octanol–water partition coefficient (Wildman–Crippen LogP) is 3.53. The largest absolute Gasteiger partial charge is 0.482 e. The fourth-order valence-electron chi connectivity index (χ4n) is 4.16. The second kappa shape index (κ2) is 8.74. The predicted molar refractivity (Wildman–Crippen MR) is 129 cm³/mol. The number of nitrogens with zero attached hydrogens (tertiary/aromatic N) is 1. The molecule has 0 saturated heterocycles.